The van der Waals surface area contributed by atoms with E-state index in [9.17, 15) is 4.79 Å². The number of unbranched alkanes of at least 4 members (excludes halogenated alkanes) is 9. The maximum atomic E-state index is 11.3. The second kappa shape index (κ2) is 17.3. The van der Waals surface area contributed by atoms with Gasteiger partial charge in [-0.25, -0.2) is 0 Å². The van der Waals surface area contributed by atoms with Crippen molar-refractivity contribution in [2.75, 3.05) is 6.61 Å². The molecule has 0 fully saturated rings. The number of ether oxygens (including phenoxy) is 1. The summed E-state index contributed by atoms with van der Waals surface area (Å²) < 4.78 is 5.04. The number of allylic oxidation sites excluding steroid dienone is 2. The van der Waals surface area contributed by atoms with Gasteiger partial charge in [0.1, 0.15) is 0 Å². The van der Waals surface area contributed by atoms with Crippen LogP contribution in [0.15, 0.2) is 12.2 Å². The summed E-state index contributed by atoms with van der Waals surface area (Å²) in [6, 6.07) is 0. The maximum absolute atomic E-state index is 11.3. The molecule has 0 atom stereocenters. The molecule has 0 aromatic heterocycles. The van der Waals surface area contributed by atoms with Crippen molar-refractivity contribution in [3.8, 4) is 0 Å². The molecule has 0 aromatic carbocycles. The van der Waals surface area contributed by atoms with Crippen LogP contribution in [-0.4, -0.2) is 12.6 Å². The first-order valence-corrected chi connectivity index (χ1v) is 9.11. The molecule has 21 heavy (non-hydrogen) atoms. The van der Waals surface area contributed by atoms with E-state index in [1.54, 1.807) is 0 Å². The average molecular weight is 296 g/mol. The number of hydrogen-bond acceptors (Lipinski definition) is 2. The molecule has 0 aliphatic rings. The largest absolute Gasteiger partial charge is 0.466 e. The molecule has 2 nitrogen and oxygen atoms in total. The molecule has 0 bridgehead atoms. The maximum Gasteiger partial charge on any atom is 0.305 e. The molecule has 0 rings (SSSR count). The number of hydrogen-bond donors (Lipinski definition) is 0. The van der Waals surface area contributed by atoms with E-state index in [-0.39, 0.29) is 5.97 Å². The smallest absolute Gasteiger partial charge is 0.305 e. The highest BCUT2D eigenvalue weighted by Gasteiger charge is 2.00. The van der Waals surface area contributed by atoms with Crippen LogP contribution in [0.25, 0.3) is 0 Å². The zero-order valence-corrected chi connectivity index (χ0v) is 14.4. The Hall–Kier alpha value is -0.790. The van der Waals surface area contributed by atoms with Gasteiger partial charge in [-0.3, -0.25) is 4.79 Å². The van der Waals surface area contributed by atoms with Crippen LogP contribution in [0.3, 0.4) is 0 Å². The van der Waals surface area contributed by atoms with Crippen LogP contribution in [0.2, 0.25) is 0 Å². The molecule has 0 aromatic rings. The van der Waals surface area contributed by atoms with E-state index >= 15 is 0 Å². The Balaban J connectivity index is 3.17. The van der Waals surface area contributed by atoms with Crippen molar-refractivity contribution in [3.63, 3.8) is 0 Å². The van der Waals surface area contributed by atoms with Gasteiger partial charge in [-0.2, -0.15) is 0 Å². The SMILES string of the molecule is CCCCCCCCCC=CCCCCC(=O)OCCC. The predicted molar refractivity (Wildman–Crippen MR) is 91.5 cm³/mol. The predicted octanol–water partition coefficient (Wildman–Crippen LogP) is 6.20. The zero-order chi connectivity index (χ0) is 15.6. The van der Waals surface area contributed by atoms with Gasteiger partial charge in [0.25, 0.3) is 0 Å². The zero-order valence-electron chi connectivity index (χ0n) is 14.4. The van der Waals surface area contributed by atoms with Crippen molar-refractivity contribution in [1.29, 1.82) is 0 Å². The lowest BCUT2D eigenvalue weighted by Gasteiger charge is -2.01. The molecule has 0 spiro atoms. The van der Waals surface area contributed by atoms with Gasteiger partial charge in [-0.05, 0) is 38.5 Å². The molecule has 0 heterocycles. The summed E-state index contributed by atoms with van der Waals surface area (Å²) in [7, 11) is 0. The van der Waals surface area contributed by atoms with Gasteiger partial charge in [-0.1, -0.05) is 64.5 Å². The molecule has 0 unspecified atom stereocenters. The summed E-state index contributed by atoms with van der Waals surface area (Å²) in [4.78, 5) is 11.3. The van der Waals surface area contributed by atoms with Crippen molar-refractivity contribution in [2.45, 2.75) is 97.3 Å². The van der Waals surface area contributed by atoms with Crippen molar-refractivity contribution in [3.05, 3.63) is 12.2 Å². The van der Waals surface area contributed by atoms with E-state index in [0.29, 0.717) is 13.0 Å². The first-order valence-electron chi connectivity index (χ1n) is 9.11. The molecule has 0 aliphatic heterocycles. The second-order valence-corrected chi connectivity index (χ2v) is 5.85. The fourth-order valence-corrected chi connectivity index (χ4v) is 2.27. The molecule has 2 heteroatoms. The van der Waals surface area contributed by atoms with Crippen LogP contribution in [0.1, 0.15) is 97.3 Å². The van der Waals surface area contributed by atoms with Crippen molar-refractivity contribution in [2.24, 2.45) is 0 Å². The van der Waals surface area contributed by atoms with Crippen molar-refractivity contribution >= 4 is 5.97 Å². The minimum Gasteiger partial charge on any atom is -0.466 e. The highest BCUT2D eigenvalue weighted by molar-refractivity contribution is 5.69. The topological polar surface area (TPSA) is 26.3 Å². The van der Waals surface area contributed by atoms with Crippen LogP contribution in [0.4, 0.5) is 0 Å². The Morgan fingerprint density at radius 2 is 1.33 bits per heavy atom. The molecular formula is C19H36O2. The number of carbonyl (C=O) groups excluding carboxylic acids is 1. The highest BCUT2D eigenvalue weighted by atomic mass is 16.5. The van der Waals surface area contributed by atoms with Crippen LogP contribution in [0.5, 0.6) is 0 Å². The van der Waals surface area contributed by atoms with Gasteiger partial charge in [0.15, 0.2) is 0 Å². The van der Waals surface area contributed by atoms with Crippen LogP contribution >= 0.6 is 0 Å². The quantitative estimate of drug-likeness (QED) is 0.204. The van der Waals surface area contributed by atoms with E-state index < -0.39 is 0 Å². The van der Waals surface area contributed by atoms with Gasteiger partial charge >= 0.3 is 5.97 Å². The van der Waals surface area contributed by atoms with Crippen molar-refractivity contribution in [1.82, 2.24) is 0 Å². The molecule has 0 aliphatic carbocycles. The third-order valence-corrected chi connectivity index (χ3v) is 3.61. The molecule has 0 N–H and O–H groups in total. The fourth-order valence-electron chi connectivity index (χ4n) is 2.27. The summed E-state index contributed by atoms with van der Waals surface area (Å²) in [5.41, 5.74) is 0. The van der Waals surface area contributed by atoms with Gasteiger partial charge in [0, 0.05) is 6.42 Å². The van der Waals surface area contributed by atoms with Crippen LogP contribution in [-0.2, 0) is 9.53 Å². The van der Waals surface area contributed by atoms with Gasteiger partial charge in [-0.15, -0.1) is 0 Å². The van der Waals surface area contributed by atoms with Crippen LogP contribution in [0, 0.1) is 0 Å². The summed E-state index contributed by atoms with van der Waals surface area (Å²) in [5, 5.41) is 0. The highest BCUT2D eigenvalue weighted by Crippen LogP contribution is 2.09. The molecule has 0 saturated carbocycles. The lowest BCUT2D eigenvalue weighted by molar-refractivity contribution is -0.143. The minimum absolute atomic E-state index is 0.0381. The van der Waals surface area contributed by atoms with E-state index in [2.05, 4.69) is 19.1 Å². The molecule has 0 amide bonds. The van der Waals surface area contributed by atoms with Gasteiger partial charge in [0.05, 0.1) is 6.61 Å². The van der Waals surface area contributed by atoms with Crippen LogP contribution < -0.4 is 0 Å². The Kier molecular flexibility index (Phi) is 16.6. The minimum atomic E-state index is -0.0381. The van der Waals surface area contributed by atoms with Gasteiger partial charge < -0.3 is 4.74 Å². The van der Waals surface area contributed by atoms with Gasteiger partial charge in [0.2, 0.25) is 0 Å². The number of rotatable bonds is 15. The summed E-state index contributed by atoms with van der Waals surface area (Å²) in [6.07, 6.45) is 20.1. The lowest BCUT2D eigenvalue weighted by Crippen LogP contribution is -2.04. The molecule has 0 saturated heterocycles. The monoisotopic (exact) mass is 296 g/mol. The number of esters is 1. The molecule has 0 radical (unpaired) electrons. The normalized spacial score (nSPS) is 11.1. The Bertz CT molecular complexity index is 246. The summed E-state index contributed by atoms with van der Waals surface area (Å²) >= 11 is 0. The van der Waals surface area contributed by atoms with Crippen molar-refractivity contribution < 1.29 is 9.53 Å². The Morgan fingerprint density at radius 1 is 0.762 bits per heavy atom. The second-order valence-electron chi connectivity index (χ2n) is 5.85. The van der Waals surface area contributed by atoms with E-state index in [0.717, 1.165) is 25.7 Å². The third kappa shape index (κ3) is 17.2. The summed E-state index contributed by atoms with van der Waals surface area (Å²) in [5.74, 6) is -0.0381. The Morgan fingerprint density at radius 3 is 1.95 bits per heavy atom. The third-order valence-electron chi connectivity index (χ3n) is 3.61. The fraction of sp³-hybridized carbons (Fsp3) is 0.842. The summed E-state index contributed by atoms with van der Waals surface area (Å²) in [6.45, 7) is 4.85. The van der Waals surface area contributed by atoms with E-state index in [1.165, 1.54) is 51.4 Å². The average Bonchev–Trinajstić information content (AvgIpc) is 2.49. The molecular weight excluding hydrogens is 260 g/mol. The lowest BCUT2D eigenvalue weighted by atomic mass is 10.1. The Labute approximate surface area is 132 Å². The number of carbonyl (C=O) groups is 1. The first kappa shape index (κ1) is 20.2. The first-order chi connectivity index (χ1) is 10.3. The molecule has 124 valence electrons. The van der Waals surface area contributed by atoms with E-state index in [1.807, 2.05) is 6.92 Å². The van der Waals surface area contributed by atoms with E-state index in [4.69, 9.17) is 4.74 Å². The standard InChI is InChI=1S/C19H36O2/c1-3-5-6-7-8-9-10-11-12-13-14-15-16-17-19(20)21-18-4-2/h12-13H,3-11,14-18H2,1-2H3.